The van der Waals surface area contributed by atoms with Crippen LogP contribution in [0.15, 0.2) is 53.5 Å². The highest BCUT2D eigenvalue weighted by atomic mass is 16.2. The van der Waals surface area contributed by atoms with E-state index in [1.54, 1.807) is 22.9 Å². The largest absolute Gasteiger partial charge is 0.352 e. The molecule has 138 valence electrons. The van der Waals surface area contributed by atoms with Gasteiger partial charge >= 0.3 is 0 Å². The van der Waals surface area contributed by atoms with E-state index in [2.05, 4.69) is 15.3 Å². The fraction of sp³-hybridized carbons (Fsp3) is 0.300. The van der Waals surface area contributed by atoms with Gasteiger partial charge < -0.3 is 14.8 Å². The maximum Gasteiger partial charge on any atom is 0.294 e. The topological polar surface area (TPSA) is 80.1 Å². The monoisotopic (exact) mass is 363 g/mol. The third kappa shape index (κ3) is 3.67. The SMILES string of the molecule is O=C(CCn1c(=O)c(N2CCCC2)nc2ccccc21)Nc1ccccn1. The minimum Gasteiger partial charge on any atom is -0.352 e. The summed E-state index contributed by atoms with van der Waals surface area (Å²) in [6.07, 6.45) is 3.95. The Morgan fingerprint density at radius 3 is 2.63 bits per heavy atom. The number of amides is 1. The van der Waals surface area contributed by atoms with Gasteiger partial charge in [-0.3, -0.25) is 9.59 Å². The van der Waals surface area contributed by atoms with E-state index < -0.39 is 0 Å². The highest BCUT2D eigenvalue weighted by Crippen LogP contribution is 2.18. The molecule has 1 aromatic carbocycles. The van der Waals surface area contributed by atoms with Crippen LogP contribution in [-0.4, -0.2) is 33.5 Å². The van der Waals surface area contributed by atoms with Crippen molar-refractivity contribution in [3.05, 3.63) is 59.0 Å². The van der Waals surface area contributed by atoms with Gasteiger partial charge in [-0.15, -0.1) is 0 Å². The number of anilines is 2. The summed E-state index contributed by atoms with van der Waals surface area (Å²) in [7, 11) is 0. The first kappa shape index (κ1) is 17.2. The Hall–Kier alpha value is -3.22. The molecule has 0 saturated carbocycles. The predicted octanol–water partition coefficient (Wildman–Crippen LogP) is 2.42. The Balaban J connectivity index is 1.61. The number of fused-ring (bicyclic) bond motifs is 1. The van der Waals surface area contributed by atoms with Gasteiger partial charge in [0.2, 0.25) is 5.91 Å². The molecule has 3 heterocycles. The zero-order valence-corrected chi connectivity index (χ0v) is 15.0. The van der Waals surface area contributed by atoms with Crippen molar-refractivity contribution in [1.29, 1.82) is 0 Å². The molecule has 7 nitrogen and oxygen atoms in total. The lowest BCUT2D eigenvalue weighted by atomic mass is 10.2. The van der Waals surface area contributed by atoms with E-state index in [0.717, 1.165) is 37.0 Å². The number of pyridine rings is 1. The zero-order chi connectivity index (χ0) is 18.6. The van der Waals surface area contributed by atoms with Crippen LogP contribution in [-0.2, 0) is 11.3 Å². The molecule has 0 radical (unpaired) electrons. The fourth-order valence-corrected chi connectivity index (χ4v) is 3.39. The molecule has 4 rings (SSSR count). The molecule has 7 heteroatoms. The van der Waals surface area contributed by atoms with Crippen molar-refractivity contribution in [2.45, 2.75) is 25.8 Å². The average Bonchev–Trinajstić information content (AvgIpc) is 3.22. The second-order valence-electron chi connectivity index (χ2n) is 6.59. The van der Waals surface area contributed by atoms with Gasteiger partial charge in [0.05, 0.1) is 11.0 Å². The third-order valence-corrected chi connectivity index (χ3v) is 4.74. The number of nitrogens with one attached hydrogen (secondary N) is 1. The highest BCUT2D eigenvalue weighted by molar-refractivity contribution is 5.89. The molecule has 1 amide bonds. The van der Waals surface area contributed by atoms with E-state index in [1.165, 1.54) is 0 Å². The Morgan fingerprint density at radius 1 is 1.07 bits per heavy atom. The minimum atomic E-state index is -0.177. The summed E-state index contributed by atoms with van der Waals surface area (Å²) in [4.78, 5) is 36.1. The number of hydrogen-bond donors (Lipinski definition) is 1. The molecule has 0 unspecified atom stereocenters. The van der Waals surface area contributed by atoms with Gasteiger partial charge in [-0.25, -0.2) is 9.97 Å². The number of aromatic nitrogens is 3. The molecule has 1 saturated heterocycles. The predicted molar refractivity (Wildman–Crippen MR) is 105 cm³/mol. The molecule has 3 aromatic rings. The molecule has 1 fully saturated rings. The van der Waals surface area contributed by atoms with Crippen molar-refractivity contribution in [2.75, 3.05) is 23.3 Å². The molecular weight excluding hydrogens is 342 g/mol. The van der Waals surface area contributed by atoms with Gasteiger partial charge in [-0.1, -0.05) is 18.2 Å². The molecular formula is C20H21N5O2. The zero-order valence-electron chi connectivity index (χ0n) is 15.0. The van der Waals surface area contributed by atoms with Crippen LogP contribution in [0, 0.1) is 0 Å². The maximum absolute atomic E-state index is 13.1. The highest BCUT2D eigenvalue weighted by Gasteiger charge is 2.20. The molecule has 1 aliphatic heterocycles. The van der Waals surface area contributed by atoms with Crippen molar-refractivity contribution >= 4 is 28.6 Å². The van der Waals surface area contributed by atoms with Crippen LogP contribution in [0.2, 0.25) is 0 Å². The molecule has 27 heavy (non-hydrogen) atoms. The lowest BCUT2D eigenvalue weighted by Gasteiger charge is -2.19. The Kier molecular flexibility index (Phi) is 4.82. The van der Waals surface area contributed by atoms with E-state index >= 15 is 0 Å². The number of aryl methyl sites for hydroxylation is 1. The van der Waals surface area contributed by atoms with E-state index in [9.17, 15) is 9.59 Å². The number of nitrogens with zero attached hydrogens (tertiary/aromatic N) is 4. The number of hydrogen-bond acceptors (Lipinski definition) is 5. The Labute approximate surface area is 156 Å². The van der Waals surface area contributed by atoms with Gasteiger partial charge in [-0.05, 0) is 37.1 Å². The summed E-state index contributed by atoms with van der Waals surface area (Å²) in [5.41, 5.74) is 1.38. The molecule has 1 aliphatic rings. The first-order valence-corrected chi connectivity index (χ1v) is 9.18. The van der Waals surface area contributed by atoms with Gasteiger partial charge in [0, 0.05) is 32.3 Å². The number of benzene rings is 1. The van der Waals surface area contributed by atoms with Crippen LogP contribution in [0.3, 0.4) is 0 Å². The van der Waals surface area contributed by atoms with Crippen molar-refractivity contribution < 1.29 is 4.79 Å². The van der Waals surface area contributed by atoms with Crippen molar-refractivity contribution in [1.82, 2.24) is 14.5 Å². The average molecular weight is 363 g/mol. The number of carbonyl (C=O) groups is 1. The van der Waals surface area contributed by atoms with Gasteiger partial charge in [-0.2, -0.15) is 0 Å². The molecule has 2 aromatic heterocycles. The summed E-state index contributed by atoms with van der Waals surface area (Å²) in [5, 5.41) is 2.76. The van der Waals surface area contributed by atoms with Crippen molar-refractivity contribution in [3.8, 4) is 0 Å². The second-order valence-corrected chi connectivity index (χ2v) is 6.59. The van der Waals surface area contributed by atoms with Crippen LogP contribution >= 0.6 is 0 Å². The normalized spacial score (nSPS) is 13.9. The minimum absolute atomic E-state index is 0.138. The number of para-hydroxylation sites is 2. The van der Waals surface area contributed by atoms with Gasteiger partial charge in [0.1, 0.15) is 5.82 Å². The maximum atomic E-state index is 13.1. The molecule has 1 N–H and O–H groups in total. The molecule has 0 spiro atoms. The van der Waals surface area contributed by atoms with E-state index in [-0.39, 0.29) is 17.9 Å². The van der Waals surface area contributed by atoms with Crippen molar-refractivity contribution in [3.63, 3.8) is 0 Å². The summed E-state index contributed by atoms with van der Waals surface area (Å²) < 4.78 is 1.66. The first-order chi connectivity index (χ1) is 13.2. The van der Waals surface area contributed by atoms with Crippen LogP contribution in [0.25, 0.3) is 11.0 Å². The molecule has 0 bridgehead atoms. The van der Waals surface area contributed by atoms with E-state index in [0.29, 0.717) is 18.2 Å². The van der Waals surface area contributed by atoms with Crippen LogP contribution in [0.5, 0.6) is 0 Å². The third-order valence-electron chi connectivity index (χ3n) is 4.74. The van der Waals surface area contributed by atoms with Gasteiger partial charge in [0.25, 0.3) is 5.56 Å². The Morgan fingerprint density at radius 2 is 1.85 bits per heavy atom. The quantitative estimate of drug-likeness (QED) is 0.753. The number of carbonyl (C=O) groups excluding carboxylic acids is 1. The lowest BCUT2D eigenvalue weighted by molar-refractivity contribution is -0.116. The summed E-state index contributed by atoms with van der Waals surface area (Å²) in [6, 6.07) is 12.9. The summed E-state index contributed by atoms with van der Waals surface area (Å²) in [6.45, 7) is 1.99. The second kappa shape index (κ2) is 7.57. The van der Waals surface area contributed by atoms with Crippen molar-refractivity contribution in [2.24, 2.45) is 0 Å². The summed E-state index contributed by atoms with van der Waals surface area (Å²) in [5.74, 6) is 0.813. The first-order valence-electron chi connectivity index (χ1n) is 9.18. The smallest absolute Gasteiger partial charge is 0.294 e. The Bertz CT molecular complexity index is 1010. The van der Waals surface area contributed by atoms with Crippen LogP contribution in [0.4, 0.5) is 11.6 Å². The molecule has 0 aliphatic carbocycles. The number of rotatable bonds is 5. The summed E-state index contributed by atoms with van der Waals surface area (Å²) >= 11 is 0. The lowest BCUT2D eigenvalue weighted by Crippen LogP contribution is -2.32. The van der Waals surface area contributed by atoms with Crippen LogP contribution in [0.1, 0.15) is 19.3 Å². The van der Waals surface area contributed by atoms with E-state index in [4.69, 9.17) is 0 Å². The molecule has 0 atom stereocenters. The van der Waals surface area contributed by atoms with E-state index in [1.807, 2.05) is 35.2 Å². The standard InChI is InChI=1S/C20H21N5O2/c26-18(23-17-9-3-4-11-21-17)10-14-25-16-8-2-1-7-15(16)22-19(20(25)27)24-12-5-6-13-24/h1-4,7-9,11H,5-6,10,12-14H2,(H,21,23,26). The van der Waals surface area contributed by atoms with Gasteiger partial charge in [0.15, 0.2) is 5.82 Å². The van der Waals surface area contributed by atoms with Crippen LogP contribution < -0.4 is 15.8 Å². The fourth-order valence-electron chi connectivity index (χ4n) is 3.39.